The molecule has 0 unspecified atom stereocenters. The van der Waals surface area contributed by atoms with Crippen molar-refractivity contribution >= 4 is 29.0 Å². The lowest BCUT2D eigenvalue weighted by Gasteiger charge is -2.36. The maximum absolute atomic E-state index is 12.6. The number of carbonyl (C=O) groups excluding carboxylic acids is 1. The van der Waals surface area contributed by atoms with Crippen molar-refractivity contribution in [2.24, 2.45) is 5.92 Å². The van der Waals surface area contributed by atoms with Crippen LogP contribution in [0.5, 0.6) is 0 Å². The fourth-order valence-corrected chi connectivity index (χ4v) is 4.07. The van der Waals surface area contributed by atoms with Crippen molar-refractivity contribution in [1.82, 2.24) is 14.8 Å². The number of anilines is 1. The Hall–Kier alpha value is -1.93. The molecule has 2 fully saturated rings. The summed E-state index contributed by atoms with van der Waals surface area (Å²) in [6, 6.07) is 1.34. The Balaban J connectivity index is 1.49. The Morgan fingerprint density at radius 3 is 2.48 bits per heavy atom. The van der Waals surface area contributed by atoms with Gasteiger partial charge in [0, 0.05) is 51.8 Å². The van der Waals surface area contributed by atoms with Crippen molar-refractivity contribution in [1.29, 1.82) is 0 Å². The summed E-state index contributed by atoms with van der Waals surface area (Å²) >= 11 is 6.18. The van der Waals surface area contributed by atoms with Gasteiger partial charge in [-0.25, -0.2) is 4.98 Å². The molecule has 3 rings (SSSR count). The van der Waals surface area contributed by atoms with E-state index in [2.05, 4.69) is 16.8 Å². The molecule has 1 aromatic rings. The predicted molar refractivity (Wildman–Crippen MR) is 104 cm³/mol. The molecule has 1 aromatic heterocycles. The zero-order valence-corrected chi connectivity index (χ0v) is 16.4. The van der Waals surface area contributed by atoms with Gasteiger partial charge in [-0.15, -0.1) is 0 Å². The molecule has 8 nitrogen and oxygen atoms in total. The highest BCUT2D eigenvalue weighted by Crippen LogP contribution is 2.31. The SMILES string of the molecule is CCN1CCN(C(=O)CC2CCN(c3ncc([N+](=O)[O-])cc3Cl)CC2)CC1. The summed E-state index contributed by atoms with van der Waals surface area (Å²) in [6.07, 6.45) is 3.64. The lowest BCUT2D eigenvalue weighted by atomic mass is 9.93. The molecule has 0 saturated carbocycles. The van der Waals surface area contributed by atoms with Gasteiger partial charge < -0.3 is 14.7 Å². The van der Waals surface area contributed by atoms with Gasteiger partial charge in [0.05, 0.1) is 9.95 Å². The van der Waals surface area contributed by atoms with Crippen LogP contribution in [-0.2, 0) is 4.79 Å². The number of halogens is 1. The number of piperidine rings is 1. The minimum Gasteiger partial charge on any atom is -0.355 e. The fourth-order valence-electron chi connectivity index (χ4n) is 3.79. The summed E-state index contributed by atoms with van der Waals surface area (Å²) < 4.78 is 0. The van der Waals surface area contributed by atoms with Crippen molar-refractivity contribution in [3.8, 4) is 0 Å². The van der Waals surface area contributed by atoms with Crippen LogP contribution in [0.25, 0.3) is 0 Å². The number of hydrogen-bond acceptors (Lipinski definition) is 6. The van der Waals surface area contributed by atoms with Gasteiger partial charge in [-0.05, 0) is 25.3 Å². The third-order valence-corrected chi connectivity index (χ3v) is 5.85. The monoisotopic (exact) mass is 395 g/mol. The first-order valence-corrected chi connectivity index (χ1v) is 9.90. The van der Waals surface area contributed by atoms with Crippen molar-refractivity contribution < 1.29 is 9.72 Å². The summed E-state index contributed by atoms with van der Waals surface area (Å²) in [4.78, 5) is 33.4. The Bertz CT molecular complexity index is 686. The van der Waals surface area contributed by atoms with E-state index in [9.17, 15) is 14.9 Å². The Morgan fingerprint density at radius 1 is 1.26 bits per heavy atom. The number of hydrogen-bond donors (Lipinski definition) is 0. The number of amides is 1. The Morgan fingerprint density at radius 2 is 1.93 bits per heavy atom. The third kappa shape index (κ3) is 4.87. The van der Waals surface area contributed by atoms with Crippen LogP contribution in [0.2, 0.25) is 5.02 Å². The van der Waals surface area contributed by atoms with Gasteiger partial charge in [0.25, 0.3) is 5.69 Å². The highest BCUT2D eigenvalue weighted by Gasteiger charge is 2.27. The van der Waals surface area contributed by atoms with Gasteiger partial charge in [-0.3, -0.25) is 14.9 Å². The van der Waals surface area contributed by atoms with Gasteiger partial charge in [-0.2, -0.15) is 0 Å². The van der Waals surface area contributed by atoms with E-state index in [1.165, 1.54) is 12.3 Å². The fraction of sp³-hybridized carbons (Fsp3) is 0.667. The topological polar surface area (TPSA) is 82.8 Å². The highest BCUT2D eigenvalue weighted by atomic mass is 35.5. The van der Waals surface area contributed by atoms with Gasteiger partial charge in [0.1, 0.15) is 12.0 Å². The number of nitrogens with zero attached hydrogens (tertiary/aromatic N) is 5. The molecule has 148 valence electrons. The molecule has 0 bridgehead atoms. The van der Waals surface area contributed by atoms with E-state index < -0.39 is 4.92 Å². The van der Waals surface area contributed by atoms with Gasteiger partial charge in [-0.1, -0.05) is 18.5 Å². The summed E-state index contributed by atoms with van der Waals surface area (Å²) in [5.41, 5.74) is -0.104. The molecule has 0 spiro atoms. The van der Waals surface area contributed by atoms with Crippen LogP contribution in [0.15, 0.2) is 12.3 Å². The molecule has 2 saturated heterocycles. The van der Waals surface area contributed by atoms with Crippen molar-refractivity contribution in [3.05, 3.63) is 27.4 Å². The van der Waals surface area contributed by atoms with Crippen LogP contribution in [0.1, 0.15) is 26.2 Å². The van der Waals surface area contributed by atoms with E-state index in [0.717, 1.165) is 58.7 Å². The van der Waals surface area contributed by atoms with E-state index in [0.29, 0.717) is 23.2 Å². The summed E-state index contributed by atoms with van der Waals surface area (Å²) in [5, 5.41) is 11.1. The average Bonchev–Trinajstić information content (AvgIpc) is 2.68. The molecule has 0 aliphatic carbocycles. The first-order valence-electron chi connectivity index (χ1n) is 9.53. The van der Waals surface area contributed by atoms with Crippen LogP contribution in [-0.4, -0.2) is 71.4 Å². The van der Waals surface area contributed by atoms with Crippen molar-refractivity contribution in [2.45, 2.75) is 26.2 Å². The van der Waals surface area contributed by atoms with E-state index in [4.69, 9.17) is 11.6 Å². The van der Waals surface area contributed by atoms with Gasteiger partial charge in [0.15, 0.2) is 0 Å². The predicted octanol–water partition coefficient (Wildman–Crippen LogP) is 2.41. The zero-order valence-electron chi connectivity index (χ0n) is 15.6. The normalized spacial score (nSPS) is 19.3. The summed E-state index contributed by atoms with van der Waals surface area (Å²) in [7, 11) is 0. The molecule has 9 heteroatoms. The van der Waals surface area contributed by atoms with Crippen LogP contribution in [0.3, 0.4) is 0 Å². The molecule has 0 aromatic carbocycles. The van der Waals surface area contributed by atoms with E-state index >= 15 is 0 Å². The summed E-state index contributed by atoms with van der Waals surface area (Å²) in [6.45, 7) is 8.28. The number of piperazine rings is 1. The van der Waals surface area contributed by atoms with E-state index in [1.54, 1.807) is 0 Å². The molecular formula is C18H26ClN5O3. The van der Waals surface area contributed by atoms with Crippen molar-refractivity contribution in [3.63, 3.8) is 0 Å². The van der Waals surface area contributed by atoms with Gasteiger partial charge >= 0.3 is 0 Å². The molecular weight excluding hydrogens is 370 g/mol. The molecule has 0 radical (unpaired) electrons. The Labute approximate surface area is 164 Å². The standard InChI is InChI=1S/C18H26ClN5O3/c1-2-21-7-9-22(10-8-21)17(25)11-14-3-5-23(6-4-14)18-16(19)12-15(13-20-18)24(26)27/h12-14H,2-11H2,1H3. The lowest BCUT2D eigenvalue weighted by molar-refractivity contribution is -0.385. The third-order valence-electron chi connectivity index (χ3n) is 5.57. The molecule has 0 atom stereocenters. The van der Waals surface area contributed by atoms with Gasteiger partial charge in [0.2, 0.25) is 5.91 Å². The first-order chi connectivity index (χ1) is 13.0. The molecule has 0 N–H and O–H groups in total. The molecule has 1 amide bonds. The minimum atomic E-state index is -0.499. The summed E-state index contributed by atoms with van der Waals surface area (Å²) in [5.74, 6) is 1.22. The van der Waals surface area contributed by atoms with Crippen LogP contribution in [0.4, 0.5) is 11.5 Å². The zero-order chi connectivity index (χ0) is 19.4. The van der Waals surface area contributed by atoms with Crippen molar-refractivity contribution in [2.75, 3.05) is 50.7 Å². The number of likely N-dealkylation sites (N-methyl/N-ethyl adjacent to an activating group) is 1. The second-order valence-electron chi connectivity index (χ2n) is 7.21. The van der Waals surface area contributed by atoms with E-state index in [-0.39, 0.29) is 11.6 Å². The number of nitro groups is 1. The lowest BCUT2D eigenvalue weighted by Crippen LogP contribution is -2.49. The minimum absolute atomic E-state index is 0.104. The smallest absolute Gasteiger partial charge is 0.289 e. The molecule has 2 aliphatic rings. The highest BCUT2D eigenvalue weighted by molar-refractivity contribution is 6.33. The maximum atomic E-state index is 12.6. The first kappa shape index (κ1) is 19.8. The second kappa shape index (κ2) is 8.84. The quantitative estimate of drug-likeness (QED) is 0.562. The number of carbonyl (C=O) groups is 1. The number of pyridine rings is 1. The van der Waals surface area contributed by atoms with E-state index in [1.807, 2.05) is 9.80 Å². The Kier molecular flexibility index (Phi) is 6.49. The molecule has 3 heterocycles. The van der Waals surface area contributed by atoms with Crippen LogP contribution < -0.4 is 4.90 Å². The number of aromatic nitrogens is 1. The molecule has 2 aliphatic heterocycles. The largest absolute Gasteiger partial charge is 0.355 e. The van der Waals surface area contributed by atoms with Crippen LogP contribution in [0, 0.1) is 16.0 Å². The number of rotatable bonds is 5. The molecule has 27 heavy (non-hydrogen) atoms. The maximum Gasteiger partial charge on any atom is 0.289 e. The van der Waals surface area contributed by atoms with Crippen LogP contribution >= 0.6 is 11.6 Å². The second-order valence-corrected chi connectivity index (χ2v) is 7.61. The average molecular weight is 396 g/mol.